The number of Topliss-reactive ketones (excluding diaryl/α,β-unsaturated/α-hetero) is 2. The van der Waals surface area contributed by atoms with E-state index in [1.807, 2.05) is 55.4 Å². The second-order valence-corrected chi connectivity index (χ2v) is 17.7. The lowest BCUT2D eigenvalue weighted by molar-refractivity contribution is -0.0694. The third-order valence-electron chi connectivity index (χ3n) is 14.0. The van der Waals surface area contributed by atoms with Crippen molar-refractivity contribution in [3.8, 4) is 34.5 Å². The van der Waals surface area contributed by atoms with E-state index >= 15 is 0 Å². The van der Waals surface area contributed by atoms with Gasteiger partial charge in [0.1, 0.15) is 23.7 Å². The smallest absolute Gasteiger partial charge is 0.168 e. The zero-order valence-corrected chi connectivity index (χ0v) is 30.4. The predicted octanol–water partition coefficient (Wildman–Crippen LogP) is 6.12. The van der Waals surface area contributed by atoms with Crippen molar-refractivity contribution in [1.82, 2.24) is 0 Å². The standard InChI is InChI=1S/2C20H26O5/c2*1-9-7-10-16(23)14-11(21)8-12-19(2,3)13(22)5-6-20(12,4)15(14)17(24)18(10)25-9/h2*9,12-13,22-24H,5-8H2,1-4H3/t2*9-,12-,13-,20-/m00/s1. The van der Waals surface area contributed by atoms with E-state index in [0.29, 0.717) is 72.3 Å². The molecular weight excluding hydrogens is 640 g/mol. The molecule has 2 aliphatic heterocycles. The van der Waals surface area contributed by atoms with Crippen molar-refractivity contribution in [1.29, 1.82) is 0 Å². The Kier molecular flexibility index (Phi) is 7.68. The average molecular weight is 693 g/mol. The highest BCUT2D eigenvalue weighted by atomic mass is 16.5. The highest BCUT2D eigenvalue weighted by molar-refractivity contribution is 6.05. The van der Waals surface area contributed by atoms with Gasteiger partial charge in [0.05, 0.1) is 23.3 Å². The maximum absolute atomic E-state index is 12.9. The van der Waals surface area contributed by atoms with Crippen LogP contribution >= 0.6 is 0 Å². The Labute approximate surface area is 293 Å². The van der Waals surface area contributed by atoms with Gasteiger partial charge >= 0.3 is 0 Å². The van der Waals surface area contributed by atoms with Gasteiger partial charge < -0.3 is 40.1 Å². The van der Waals surface area contributed by atoms with Gasteiger partial charge in [-0.05, 0) is 62.2 Å². The average Bonchev–Trinajstić information content (AvgIpc) is 3.64. The zero-order chi connectivity index (χ0) is 36.6. The van der Waals surface area contributed by atoms with Gasteiger partial charge in [0.15, 0.2) is 34.6 Å². The molecule has 0 aromatic heterocycles. The minimum absolute atomic E-state index is 0.000102. The van der Waals surface area contributed by atoms with Crippen LogP contribution in [0.2, 0.25) is 0 Å². The quantitative estimate of drug-likeness (QED) is 0.177. The second kappa shape index (κ2) is 11.0. The molecule has 10 heteroatoms. The van der Waals surface area contributed by atoms with Crippen LogP contribution in [-0.2, 0) is 23.7 Å². The molecule has 8 atom stereocenters. The van der Waals surface area contributed by atoms with Gasteiger partial charge in [0, 0.05) is 58.8 Å². The number of ketones is 2. The van der Waals surface area contributed by atoms with Gasteiger partial charge in [-0.25, -0.2) is 0 Å². The summed E-state index contributed by atoms with van der Waals surface area (Å²) in [7, 11) is 0. The van der Waals surface area contributed by atoms with E-state index in [1.165, 1.54) is 0 Å². The summed E-state index contributed by atoms with van der Waals surface area (Å²) in [5.41, 5.74) is 0.752. The lowest BCUT2D eigenvalue weighted by atomic mass is 9.49. The molecule has 0 bridgehead atoms. The van der Waals surface area contributed by atoms with Crippen molar-refractivity contribution >= 4 is 11.6 Å². The highest BCUT2D eigenvalue weighted by Crippen LogP contribution is 2.64. The number of aliphatic hydroxyl groups is 2. The van der Waals surface area contributed by atoms with E-state index in [-0.39, 0.29) is 82.6 Å². The molecule has 2 aromatic rings. The first-order valence-electron chi connectivity index (χ1n) is 18.2. The Bertz CT molecular complexity index is 1690. The van der Waals surface area contributed by atoms with E-state index in [4.69, 9.17) is 9.47 Å². The fourth-order valence-corrected chi connectivity index (χ4v) is 11.1. The maximum Gasteiger partial charge on any atom is 0.168 e. The summed E-state index contributed by atoms with van der Waals surface area (Å²) < 4.78 is 11.5. The number of rotatable bonds is 0. The van der Waals surface area contributed by atoms with Gasteiger partial charge in [-0.15, -0.1) is 0 Å². The highest BCUT2D eigenvalue weighted by Gasteiger charge is 2.59. The molecule has 10 nitrogen and oxygen atoms in total. The molecule has 50 heavy (non-hydrogen) atoms. The van der Waals surface area contributed by atoms with Crippen LogP contribution in [-0.4, -0.2) is 66.6 Å². The second-order valence-electron chi connectivity index (χ2n) is 17.7. The maximum atomic E-state index is 12.9. The number of hydrogen-bond acceptors (Lipinski definition) is 10. The fraction of sp³-hybridized carbons (Fsp3) is 0.650. The van der Waals surface area contributed by atoms with Crippen LogP contribution < -0.4 is 9.47 Å². The molecule has 8 rings (SSSR count). The largest absolute Gasteiger partial charge is 0.507 e. The summed E-state index contributed by atoms with van der Waals surface area (Å²) in [5, 5.41) is 64.6. The minimum atomic E-state index is -0.488. The van der Waals surface area contributed by atoms with E-state index < -0.39 is 33.9 Å². The summed E-state index contributed by atoms with van der Waals surface area (Å²) in [6.07, 6.45) is 2.78. The third kappa shape index (κ3) is 4.52. The molecule has 0 saturated heterocycles. The van der Waals surface area contributed by atoms with Crippen molar-refractivity contribution in [2.24, 2.45) is 22.7 Å². The lowest BCUT2D eigenvalue weighted by Gasteiger charge is -2.55. The van der Waals surface area contributed by atoms with Gasteiger partial charge in [-0.1, -0.05) is 41.5 Å². The molecule has 6 N–H and O–H groups in total. The van der Waals surface area contributed by atoms with Crippen LogP contribution in [0.5, 0.6) is 34.5 Å². The van der Waals surface area contributed by atoms with Crippen molar-refractivity contribution in [2.75, 3.05) is 0 Å². The Morgan fingerprint density at radius 2 is 0.900 bits per heavy atom. The Morgan fingerprint density at radius 1 is 0.560 bits per heavy atom. The van der Waals surface area contributed by atoms with Crippen LogP contribution in [0.15, 0.2) is 0 Å². The number of carbonyl (C=O) groups excluding carboxylic acids is 2. The fourth-order valence-electron chi connectivity index (χ4n) is 11.1. The summed E-state index contributed by atoms with van der Waals surface area (Å²) >= 11 is 0. The molecule has 0 spiro atoms. The molecular formula is C40H52O10. The first-order valence-corrected chi connectivity index (χ1v) is 18.2. The van der Waals surface area contributed by atoms with Crippen molar-refractivity contribution in [2.45, 2.75) is 142 Å². The van der Waals surface area contributed by atoms with Crippen molar-refractivity contribution in [3.05, 3.63) is 33.4 Å². The zero-order valence-electron chi connectivity index (χ0n) is 30.4. The molecule has 2 saturated carbocycles. The first-order chi connectivity index (χ1) is 23.2. The van der Waals surface area contributed by atoms with E-state index in [2.05, 4.69) is 0 Å². The Morgan fingerprint density at radius 3 is 1.24 bits per heavy atom. The molecule has 4 aliphatic carbocycles. The normalized spacial score (nSPS) is 35.6. The van der Waals surface area contributed by atoms with E-state index in [1.54, 1.807) is 0 Å². The first kappa shape index (κ1) is 34.9. The Balaban J connectivity index is 0.000000157. The summed E-state index contributed by atoms with van der Waals surface area (Å²) in [6.45, 7) is 15.8. The van der Waals surface area contributed by atoms with Gasteiger partial charge in [-0.3, -0.25) is 9.59 Å². The monoisotopic (exact) mass is 692 g/mol. The number of fused-ring (bicyclic) bond motifs is 8. The molecule has 272 valence electrons. The molecule has 2 fully saturated rings. The van der Waals surface area contributed by atoms with Crippen LogP contribution in [0, 0.1) is 22.7 Å². The number of ether oxygens (including phenoxy) is 2. The number of aromatic hydroxyl groups is 4. The van der Waals surface area contributed by atoms with Crippen molar-refractivity contribution in [3.63, 3.8) is 0 Å². The molecule has 0 radical (unpaired) electrons. The van der Waals surface area contributed by atoms with E-state index in [0.717, 1.165) is 0 Å². The molecule has 2 aromatic carbocycles. The summed E-state index contributed by atoms with van der Waals surface area (Å²) in [6, 6.07) is 0. The van der Waals surface area contributed by atoms with Crippen LogP contribution in [0.4, 0.5) is 0 Å². The number of phenols is 4. The third-order valence-corrected chi connectivity index (χ3v) is 14.0. The van der Waals surface area contributed by atoms with Gasteiger partial charge in [-0.2, -0.15) is 0 Å². The van der Waals surface area contributed by atoms with Crippen molar-refractivity contribution < 1.29 is 49.7 Å². The topological polar surface area (TPSA) is 174 Å². The molecule has 2 heterocycles. The number of phenolic OH excluding ortho intramolecular Hbond substituents is 4. The summed E-state index contributed by atoms with van der Waals surface area (Å²) in [5.74, 6) is 0.0625. The van der Waals surface area contributed by atoms with Crippen LogP contribution in [0.25, 0.3) is 0 Å². The molecule has 6 aliphatic rings. The molecule has 0 unspecified atom stereocenters. The Hall–Kier alpha value is -3.50. The van der Waals surface area contributed by atoms with Crippen LogP contribution in [0.1, 0.15) is 137 Å². The van der Waals surface area contributed by atoms with Gasteiger partial charge in [0.2, 0.25) is 0 Å². The summed E-state index contributed by atoms with van der Waals surface area (Å²) in [4.78, 5) is 25.9. The predicted molar refractivity (Wildman–Crippen MR) is 185 cm³/mol. The SMILES string of the molecule is C[C@H]1Cc2c(O)c3c(c(O)c2O1)[C@@]1(C)CC[C@H](O)C(C)(C)[C@@H]1CC3=O.C[C@H]1Cc2c(O)c3c(c(O)c2O1)[C@@]1(C)CC[C@H](O)C(C)(C)[C@@H]1CC3=O. The number of hydrogen-bond donors (Lipinski definition) is 6. The van der Waals surface area contributed by atoms with E-state index in [9.17, 15) is 40.2 Å². The number of carbonyl (C=O) groups is 2. The van der Waals surface area contributed by atoms with Crippen LogP contribution in [0.3, 0.4) is 0 Å². The number of aliphatic hydroxyl groups excluding tert-OH is 2. The molecule has 0 amide bonds. The van der Waals surface area contributed by atoms with Gasteiger partial charge in [0.25, 0.3) is 0 Å². The number of benzene rings is 2. The lowest BCUT2D eigenvalue weighted by Crippen LogP contribution is -2.54. The minimum Gasteiger partial charge on any atom is -0.507 e.